The highest BCUT2D eigenvalue weighted by molar-refractivity contribution is 9.10. The number of halogens is 3. The van der Waals surface area contributed by atoms with Gasteiger partial charge in [0.05, 0.1) is 15.8 Å². The summed E-state index contributed by atoms with van der Waals surface area (Å²) in [6.07, 6.45) is 1.33. The van der Waals surface area contributed by atoms with Gasteiger partial charge in [0, 0.05) is 31.7 Å². The Balaban J connectivity index is 1.98. The van der Waals surface area contributed by atoms with E-state index in [-0.39, 0.29) is 16.7 Å². The fourth-order valence-electron chi connectivity index (χ4n) is 2.77. The molecule has 0 saturated carbocycles. The number of benzene rings is 1. The highest BCUT2D eigenvalue weighted by Crippen LogP contribution is 2.36. The Labute approximate surface area is 159 Å². The Morgan fingerprint density at radius 3 is 2.84 bits per heavy atom. The molecule has 0 amide bonds. The van der Waals surface area contributed by atoms with Gasteiger partial charge >= 0.3 is 0 Å². The molecule has 1 aliphatic heterocycles. The zero-order valence-corrected chi connectivity index (χ0v) is 16.3. The molecular weight excluding hydrogens is 411 g/mol. The molecule has 1 aromatic heterocycles. The molecule has 25 heavy (non-hydrogen) atoms. The average molecular weight is 430 g/mol. The van der Waals surface area contributed by atoms with Crippen LogP contribution < -0.4 is 16.0 Å². The van der Waals surface area contributed by atoms with E-state index < -0.39 is 0 Å². The lowest BCUT2D eigenvalue weighted by atomic mass is 10.1. The summed E-state index contributed by atoms with van der Waals surface area (Å²) in [5.41, 5.74) is 7.65. The van der Waals surface area contributed by atoms with E-state index >= 15 is 0 Å². The monoisotopic (exact) mass is 428 g/mol. The number of nitrogens with two attached hydrogens (primary N) is 1. The summed E-state index contributed by atoms with van der Waals surface area (Å²) in [5, 5.41) is 3.34. The smallest absolute Gasteiger partial charge is 0.158 e. The molecule has 6 nitrogen and oxygen atoms in total. The zero-order valence-electron chi connectivity index (χ0n) is 13.9. The van der Waals surface area contributed by atoms with Crippen molar-refractivity contribution in [2.24, 2.45) is 0 Å². The Kier molecular flexibility index (Phi) is 5.31. The van der Waals surface area contributed by atoms with Crippen molar-refractivity contribution < 1.29 is 4.39 Å². The minimum atomic E-state index is -0.319. The second-order valence-electron chi connectivity index (χ2n) is 6.11. The van der Waals surface area contributed by atoms with E-state index in [2.05, 4.69) is 55.0 Å². The normalized spacial score (nSPS) is 18.4. The molecule has 1 fully saturated rings. The van der Waals surface area contributed by atoms with E-state index in [1.807, 2.05) is 0 Å². The van der Waals surface area contributed by atoms with Crippen molar-refractivity contribution in [3.8, 4) is 0 Å². The van der Waals surface area contributed by atoms with Gasteiger partial charge in [0.25, 0.3) is 0 Å². The number of likely N-dealkylation sites (N-methyl/N-ethyl adjacent to an activating group) is 1. The first-order valence-corrected chi connectivity index (χ1v) is 9.01. The number of nitrogens with one attached hydrogen (secondary N) is 1. The lowest BCUT2D eigenvalue weighted by Crippen LogP contribution is -2.50. The van der Waals surface area contributed by atoms with Crippen LogP contribution in [-0.4, -0.2) is 47.6 Å². The summed E-state index contributed by atoms with van der Waals surface area (Å²) in [6, 6.07) is 3.57. The van der Waals surface area contributed by atoms with Crippen LogP contribution in [0.1, 0.15) is 6.92 Å². The summed E-state index contributed by atoms with van der Waals surface area (Å²) in [4.78, 5) is 12.4. The van der Waals surface area contributed by atoms with Gasteiger partial charge in [-0.15, -0.1) is 0 Å². The van der Waals surface area contributed by atoms with E-state index in [0.717, 1.165) is 25.3 Å². The zero-order chi connectivity index (χ0) is 18.1. The van der Waals surface area contributed by atoms with E-state index in [9.17, 15) is 4.39 Å². The van der Waals surface area contributed by atoms with Crippen molar-refractivity contribution >= 4 is 50.4 Å². The number of aromatic nitrogens is 2. The minimum absolute atomic E-state index is 0.174. The maximum Gasteiger partial charge on any atom is 0.158 e. The molecule has 0 radical (unpaired) electrons. The lowest BCUT2D eigenvalue weighted by Gasteiger charge is -2.39. The Morgan fingerprint density at radius 2 is 2.12 bits per heavy atom. The van der Waals surface area contributed by atoms with E-state index in [1.165, 1.54) is 12.4 Å². The summed E-state index contributed by atoms with van der Waals surface area (Å²) >= 11 is 9.20. The van der Waals surface area contributed by atoms with Crippen molar-refractivity contribution in [1.29, 1.82) is 0 Å². The molecular formula is C16H19BrClFN6. The Morgan fingerprint density at radius 1 is 1.36 bits per heavy atom. The number of nitrogen functional groups attached to an aromatic ring is 1. The number of hydrogen-bond acceptors (Lipinski definition) is 6. The third-order valence-electron chi connectivity index (χ3n) is 4.43. The molecule has 0 bridgehead atoms. The van der Waals surface area contributed by atoms with Crippen LogP contribution in [0.25, 0.3) is 0 Å². The van der Waals surface area contributed by atoms with E-state index in [4.69, 9.17) is 17.3 Å². The second-order valence-corrected chi connectivity index (χ2v) is 7.32. The number of anilines is 4. The van der Waals surface area contributed by atoms with Crippen LogP contribution in [0.5, 0.6) is 0 Å². The van der Waals surface area contributed by atoms with Gasteiger partial charge in [-0.05, 0) is 36.0 Å². The molecule has 3 rings (SSSR count). The van der Waals surface area contributed by atoms with Gasteiger partial charge in [0.2, 0.25) is 0 Å². The van der Waals surface area contributed by atoms with Crippen LogP contribution in [0.15, 0.2) is 22.9 Å². The number of piperazine rings is 1. The highest BCUT2D eigenvalue weighted by Gasteiger charge is 2.24. The Bertz CT molecular complexity index is 789. The maximum absolute atomic E-state index is 14.2. The predicted octanol–water partition coefficient (Wildman–Crippen LogP) is 3.50. The molecule has 134 valence electrons. The first kappa shape index (κ1) is 18.2. The second kappa shape index (κ2) is 7.31. The largest absolute Gasteiger partial charge is 0.393 e. The van der Waals surface area contributed by atoms with Crippen molar-refractivity contribution in [1.82, 2.24) is 14.9 Å². The standard InChI is InChI=1S/C16H19BrClFN6/c1-9-7-25(4-3-24(9)2)13-6-11(19)10(17)5-12(13)23-16-14(20)15(18)21-8-22-16/h5-6,8-9H,3-4,7,20H2,1-2H3,(H,21,22,23)/t9-/m0/s1. The van der Waals surface area contributed by atoms with Gasteiger partial charge in [-0.1, -0.05) is 11.6 Å². The molecule has 0 unspecified atom stereocenters. The molecule has 1 aliphatic rings. The molecule has 1 aromatic carbocycles. The van der Waals surface area contributed by atoms with Crippen molar-refractivity contribution in [3.05, 3.63) is 33.9 Å². The predicted molar refractivity (Wildman–Crippen MR) is 103 cm³/mol. The molecule has 9 heteroatoms. The summed E-state index contributed by atoms with van der Waals surface area (Å²) in [5.74, 6) is 0.0720. The van der Waals surface area contributed by atoms with Crippen LogP contribution in [0.3, 0.4) is 0 Å². The van der Waals surface area contributed by atoms with Gasteiger partial charge in [-0.2, -0.15) is 0 Å². The fourth-order valence-corrected chi connectivity index (χ4v) is 3.24. The van der Waals surface area contributed by atoms with Crippen molar-refractivity contribution in [2.45, 2.75) is 13.0 Å². The molecule has 2 aromatic rings. The fraction of sp³-hybridized carbons (Fsp3) is 0.375. The third-order valence-corrected chi connectivity index (χ3v) is 5.34. The summed E-state index contributed by atoms with van der Waals surface area (Å²) in [6.45, 7) is 4.65. The molecule has 1 atom stereocenters. The van der Waals surface area contributed by atoms with Crippen LogP contribution in [0, 0.1) is 5.82 Å². The number of hydrogen-bond donors (Lipinski definition) is 2. The van der Waals surface area contributed by atoms with Gasteiger partial charge in [0.15, 0.2) is 11.0 Å². The van der Waals surface area contributed by atoms with Crippen molar-refractivity contribution in [3.63, 3.8) is 0 Å². The van der Waals surface area contributed by atoms with Crippen LogP contribution in [0.4, 0.5) is 27.3 Å². The third kappa shape index (κ3) is 3.80. The lowest BCUT2D eigenvalue weighted by molar-refractivity contribution is 0.234. The van der Waals surface area contributed by atoms with Crippen molar-refractivity contribution in [2.75, 3.05) is 42.6 Å². The summed E-state index contributed by atoms with van der Waals surface area (Å²) in [7, 11) is 2.09. The molecule has 1 saturated heterocycles. The van der Waals surface area contributed by atoms with Gasteiger partial charge in [-0.3, -0.25) is 0 Å². The Hall–Kier alpha value is -1.64. The molecule has 0 spiro atoms. The summed E-state index contributed by atoms with van der Waals surface area (Å²) < 4.78 is 14.5. The first-order chi connectivity index (χ1) is 11.9. The van der Waals surface area contributed by atoms with Gasteiger partial charge < -0.3 is 20.9 Å². The minimum Gasteiger partial charge on any atom is -0.393 e. The van der Waals surface area contributed by atoms with Crippen LogP contribution in [0.2, 0.25) is 5.15 Å². The van der Waals surface area contributed by atoms with E-state index in [1.54, 1.807) is 6.07 Å². The highest BCUT2D eigenvalue weighted by atomic mass is 79.9. The molecule has 0 aliphatic carbocycles. The van der Waals surface area contributed by atoms with Crippen LogP contribution in [-0.2, 0) is 0 Å². The maximum atomic E-state index is 14.2. The van der Waals surface area contributed by atoms with Gasteiger partial charge in [0.1, 0.15) is 17.8 Å². The first-order valence-electron chi connectivity index (χ1n) is 7.84. The van der Waals surface area contributed by atoms with Gasteiger partial charge in [-0.25, -0.2) is 14.4 Å². The van der Waals surface area contributed by atoms with E-state index in [0.29, 0.717) is 22.0 Å². The molecule has 2 heterocycles. The average Bonchev–Trinajstić information content (AvgIpc) is 2.57. The SMILES string of the molecule is C[C@H]1CN(c2cc(F)c(Br)cc2Nc2ncnc(Cl)c2N)CCN1C. The van der Waals surface area contributed by atoms with Crippen LogP contribution >= 0.6 is 27.5 Å². The topological polar surface area (TPSA) is 70.3 Å². The molecule has 3 N–H and O–H groups in total. The quantitative estimate of drug-likeness (QED) is 0.728. The number of nitrogens with zero attached hydrogens (tertiary/aromatic N) is 4. The number of rotatable bonds is 3.